The smallest absolute Gasteiger partial charge is 0.230 e. The number of fused-ring (bicyclic) bond motifs is 1. The van der Waals surface area contributed by atoms with E-state index in [1.807, 2.05) is 11.9 Å². The molecule has 1 saturated heterocycles. The van der Waals surface area contributed by atoms with Crippen molar-refractivity contribution in [3.8, 4) is 0 Å². The lowest BCUT2D eigenvalue weighted by molar-refractivity contribution is -0.132. The normalized spacial score (nSPS) is 19.3. The number of para-hydroxylation sites is 1. The molecule has 1 fully saturated rings. The molecule has 2 aromatic carbocycles. The maximum Gasteiger partial charge on any atom is 0.230 e. The fourth-order valence-electron chi connectivity index (χ4n) is 4.52. The van der Waals surface area contributed by atoms with Crippen LogP contribution in [0.4, 0.5) is 5.69 Å². The third-order valence-corrected chi connectivity index (χ3v) is 5.89. The number of aryl methyl sites for hydroxylation is 1. The van der Waals surface area contributed by atoms with Gasteiger partial charge in [0.15, 0.2) is 0 Å². The molecule has 0 spiro atoms. The first-order valence-electron chi connectivity index (χ1n) is 9.89. The molecule has 0 aromatic heterocycles. The highest BCUT2D eigenvalue weighted by molar-refractivity contribution is 5.84. The maximum atomic E-state index is 13.2. The quantitative estimate of drug-likeness (QED) is 0.819. The Bertz CT molecular complexity index is 779. The number of amides is 1. The minimum absolute atomic E-state index is 0.0175. The van der Waals surface area contributed by atoms with E-state index in [1.165, 1.54) is 35.2 Å². The molecule has 2 aromatic rings. The minimum Gasteiger partial charge on any atom is -0.371 e. The highest BCUT2D eigenvalue weighted by Gasteiger charge is 2.29. The van der Waals surface area contributed by atoms with Gasteiger partial charge < -0.3 is 9.80 Å². The maximum absolute atomic E-state index is 13.2. The molecule has 1 aliphatic heterocycles. The number of anilines is 1. The summed E-state index contributed by atoms with van der Waals surface area (Å²) >= 11 is 0. The summed E-state index contributed by atoms with van der Waals surface area (Å²) in [6.07, 6.45) is 5.70. The summed E-state index contributed by atoms with van der Waals surface area (Å²) in [4.78, 5) is 17.6. The molecule has 1 heterocycles. The molecule has 0 bridgehead atoms. The first kappa shape index (κ1) is 17.1. The lowest BCUT2D eigenvalue weighted by atomic mass is 9.82. The van der Waals surface area contributed by atoms with E-state index in [0.717, 1.165) is 32.4 Å². The number of hydrogen-bond acceptors (Lipinski definition) is 2. The third kappa shape index (κ3) is 3.35. The Kier molecular flexibility index (Phi) is 4.96. The monoisotopic (exact) mass is 348 g/mol. The Morgan fingerprint density at radius 1 is 1.04 bits per heavy atom. The summed E-state index contributed by atoms with van der Waals surface area (Å²) in [5.41, 5.74) is 5.15. The van der Waals surface area contributed by atoms with Gasteiger partial charge in [0.2, 0.25) is 5.91 Å². The predicted molar refractivity (Wildman–Crippen MR) is 106 cm³/mol. The van der Waals surface area contributed by atoms with E-state index in [0.29, 0.717) is 6.54 Å². The van der Waals surface area contributed by atoms with Crippen LogP contribution in [0.15, 0.2) is 48.5 Å². The van der Waals surface area contributed by atoms with Crippen LogP contribution in [-0.2, 0) is 17.8 Å². The second-order valence-electron chi connectivity index (χ2n) is 7.66. The Hall–Kier alpha value is -2.29. The average molecular weight is 348 g/mol. The van der Waals surface area contributed by atoms with Crippen LogP contribution in [0, 0.1) is 0 Å². The first-order valence-corrected chi connectivity index (χ1v) is 9.89. The lowest BCUT2D eigenvalue weighted by Crippen LogP contribution is -2.33. The van der Waals surface area contributed by atoms with Crippen molar-refractivity contribution >= 4 is 11.6 Å². The van der Waals surface area contributed by atoms with Crippen LogP contribution in [0.2, 0.25) is 0 Å². The highest BCUT2D eigenvalue weighted by atomic mass is 16.2. The SMILES string of the molecule is CN(Cc1ccccc1N1CCCC1)C(=O)C1CCCc2ccccc21. The van der Waals surface area contributed by atoms with Crippen LogP contribution in [0.3, 0.4) is 0 Å². The van der Waals surface area contributed by atoms with Crippen molar-refractivity contribution in [3.05, 3.63) is 65.2 Å². The molecule has 0 saturated carbocycles. The number of nitrogens with zero attached hydrogens (tertiary/aromatic N) is 2. The van der Waals surface area contributed by atoms with Crippen molar-refractivity contribution in [2.45, 2.75) is 44.6 Å². The van der Waals surface area contributed by atoms with Crippen LogP contribution >= 0.6 is 0 Å². The zero-order chi connectivity index (χ0) is 17.9. The minimum atomic E-state index is 0.0175. The van der Waals surface area contributed by atoms with Gasteiger partial charge in [-0.05, 0) is 54.9 Å². The zero-order valence-corrected chi connectivity index (χ0v) is 15.7. The van der Waals surface area contributed by atoms with E-state index in [2.05, 4.69) is 53.4 Å². The summed E-state index contributed by atoms with van der Waals surface area (Å²) in [5.74, 6) is 0.275. The largest absolute Gasteiger partial charge is 0.371 e. The van der Waals surface area contributed by atoms with E-state index in [-0.39, 0.29) is 11.8 Å². The molecular formula is C23H28N2O. The number of hydrogen-bond donors (Lipinski definition) is 0. The molecule has 1 unspecified atom stereocenters. The molecule has 0 N–H and O–H groups in total. The number of likely N-dealkylation sites (N-methyl/N-ethyl adjacent to an activating group) is 1. The van der Waals surface area contributed by atoms with Crippen molar-refractivity contribution in [1.29, 1.82) is 0 Å². The van der Waals surface area contributed by atoms with Crippen molar-refractivity contribution in [1.82, 2.24) is 4.90 Å². The first-order chi connectivity index (χ1) is 12.7. The van der Waals surface area contributed by atoms with Gasteiger partial charge in [-0.2, -0.15) is 0 Å². The van der Waals surface area contributed by atoms with Gasteiger partial charge in [0.25, 0.3) is 0 Å². The Morgan fingerprint density at radius 2 is 1.77 bits per heavy atom. The second-order valence-corrected chi connectivity index (χ2v) is 7.66. The number of carbonyl (C=O) groups excluding carboxylic acids is 1. The van der Waals surface area contributed by atoms with Gasteiger partial charge in [-0.3, -0.25) is 4.79 Å². The van der Waals surface area contributed by atoms with Gasteiger partial charge in [0, 0.05) is 32.4 Å². The van der Waals surface area contributed by atoms with Gasteiger partial charge in [-0.25, -0.2) is 0 Å². The molecule has 1 atom stereocenters. The molecule has 1 amide bonds. The molecule has 26 heavy (non-hydrogen) atoms. The topological polar surface area (TPSA) is 23.6 Å². The van der Waals surface area contributed by atoms with E-state index >= 15 is 0 Å². The van der Waals surface area contributed by atoms with Crippen LogP contribution < -0.4 is 4.90 Å². The van der Waals surface area contributed by atoms with Gasteiger partial charge in [0.1, 0.15) is 0 Å². The van der Waals surface area contributed by atoms with Crippen LogP contribution in [0.25, 0.3) is 0 Å². The fourth-order valence-corrected chi connectivity index (χ4v) is 4.52. The van der Waals surface area contributed by atoms with E-state index in [4.69, 9.17) is 0 Å². The van der Waals surface area contributed by atoms with E-state index in [1.54, 1.807) is 0 Å². The predicted octanol–water partition coefficient (Wildman–Crippen LogP) is 4.37. The third-order valence-electron chi connectivity index (χ3n) is 5.89. The molecule has 1 aliphatic carbocycles. The number of benzene rings is 2. The zero-order valence-electron chi connectivity index (χ0n) is 15.7. The Labute approximate surface area is 156 Å². The fraction of sp³-hybridized carbons (Fsp3) is 0.435. The van der Waals surface area contributed by atoms with Gasteiger partial charge in [0.05, 0.1) is 5.92 Å². The average Bonchev–Trinajstić information content (AvgIpc) is 3.22. The van der Waals surface area contributed by atoms with Gasteiger partial charge >= 0.3 is 0 Å². The molecule has 0 radical (unpaired) electrons. The molecule has 2 aliphatic rings. The second kappa shape index (κ2) is 7.53. The summed E-state index contributed by atoms with van der Waals surface area (Å²) in [6, 6.07) is 17.0. The number of rotatable bonds is 4. The van der Waals surface area contributed by atoms with Crippen LogP contribution in [-0.4, -0.2) is 30.9 Å². The van der Waals surface area contributed by atoms with Crippen molar-refractivity contribution in [2.75, 3.05) is 25.0 Å². The van der Waals surface area contributed by atoms with Gasteiger partial charge in [-0.15, -0.1) is 0 Å². The molecule has 4 rings (SSSR count). The lowest BCUT2D eigenvalue weighted by Gasteiger charge is -2.30. The summed E-state index contributed by atoms with van der Waals surface area (Å²) < 4.78 is 0. The molecule has 3 nitrogen and oxygen atoms in total. The summed E-state index contributed by atoms with van der Waals surface area (Å²) in [5, 5.41) is 0. The molecule has 136 valence electrons. The highest BCUT2D eigenvalue weighted by Crippen LogP contribution is 2.33. The van der Waals surface area contributed by atoms with E-state index < -0.39 is 0 Å². The number of carbonyl (C=O) groups is 1. The standard InChI is InChI=1S/C23H28N2O/c1-24(17-19-10-3-5-14-22(19)25-15-6-7-16-25)23(26)21-13-8-11-18-9-2-4-12-20(18)21/h2-5,9-10,12,14,21H,6-8,11,13,15-17H2,1H3. The molecule has 3 heteroatoms. The summed E-state index contributed by atoms with van der Waals surface area (Å²) in [6.45, 7) is 2.94. The Morgan fingerprint density at radius 3 is 2.62 bits per heavy atom. The van der Waals surface area contributed by atoms with Crippen LogP contribution in [0.5, 0.6) is 0 Å². The van der Waals surface area contributed by atoms with Gasteiger partial charge in [-0.1, -0.05) is 42.5 Å². The molecular weight excluding hydrogens is 320 g/mol. The van der Waals surface area contributed by atoms with Crippen LogP contribution in [0.1, 0.15) is 48.3 Å². The summed E-state index contributed by atoms with van der Waals surface area (Å²) in [7, 11) is 1.96. The van der Waals surface area contributed by atoms with Crippen molar-refractivity contribution < 1.29 is 4.79 Å². The van der Waals surface area contributed by atoms with Crippen molar-refractivity contribution in [2.24, 2.45) is 0 Å². The van der Waals surface area contributed by atoms with Crippen molar-refractivity contribution in [3.63, 3.8) is 0 Å². The van der Waals surface area contributed by atoms with E-state index in [9.17, 15) is 4.79 Å². The Balaban J connectivity index is 1.52.